The highest BCUT2D eigenvalue weighted by molar-refractivity contribution is 6.07. The minimum atomic E-state index is -4.81. The van der Waals surface area contributed by atoms with Crippen LogP contribution in [0.25, 0.3) is 11.1 Å². The summed E-state index contributed by atoms with van der Waals surface area (Å²) in [5.41, 5.74) is 1.17. The lowest BCUT2D eigenvalue weighted by molar-refractivity contribution is -0.137. The number of anilines is 4. The number of primary amides is 1. The van der Waals surface area contributed by atoms with Crippen molar-refractivity contribution in [2.45, 2.75) is 13.1 Å². The van der Waals surface area contributed by atoms with Crippen molar-refractivity contribution in [3.63, 3.8) is 0 Å². The van der Waals surface area contributed by atoms with Crippen molar-refractivity contribution >= 4 is 40.7 Å². The molecule has 1 heterocycles. The normalized spacial score (nSPS) is 11.2. The molecule has 0 unspecified atom stereocenters. The van der Waals surface area contributed by atoms with Crippen LogP contribution in [0.4, 0.5) is 67.5 Å². The second-order valence-electron chi connectivity index (χ2n) is 9.00. The third-order valence-electron chi connectivity index (χ3n) is 6.07. The summed E-state index contributed by atoms with van der Waals surface area (Å²) in [5.74, 6) is -9.36. The van der Waals surface area contributed by atoms with Crippen molar-refractivity contribution in [1.29, 1.82) is 0 Å². The van der Waals surface area contributed by atoms with Gasteiger partial charge >= 0.3 is 18.2 Å². The van der Waals surface area contributed by atoms with E-state index in [9.17, 15) is 49.5 Å². The highest BCUT2D eigenvalue weighted by Gasteiger charge is 2.31. The van der Waals surface area contributed by atoms with Crippen LogP contribution in [-0.2, 0) is 6.18 Å². The van der Waals surface area contributed by atoms with Crippen LogP contribution in [0.3, 0.4) is 0 Å². The van der Waals surface area contributed by atoms with Crippen molar-refractivity contribution < 1.29 is 49.5 Å². The number of hydrogen-bond donors (Lipinski definition) is 6. The van der Waals surface area contributed by atoms with E-state index < -0.39 is 75.7 Å². The topological polar surface area (TPSA) is 141 Å². The number of alkyl halides is 3. The molecule has 17 heteroatoms. The molecular formula is C27H18F8N6O3. The lowest BCUT2D eigenvalue weighted by atomic mass is 10.0. The first-order valence-electron chi connectivity index (χ1n) is 12.0. The summed E-state index contributed by atoms with van der Waals surface area (Å²) in [7, 11) is 0. The van der Waals surface area contributed by atoms with Crippen molar-refractivity contribution in [1.82, 2.24) is 4.98 Å². The lowest BCUT2D eigenvalue weighted by Crippen LogP contribution is -2.22. The van der Waals surface area contributed by atoms with Gasteiger partial charge in [-0.2, -0.15) is 13.2 Å². The number of rotatable bonds is 6. The van der Waals surface area contributed by atoms with Gasteiger partial charge in [-0.3, -0.25) is 4.79 Å². The molecule has 0 saturated heterocycles. The Morgan fingerprint density at radius 2 is 1.36 bits per heavy atom. The van der Waals surface area contributed by atoms with Gasteiger partial charge in [0.2, 0.25) is 0 Å². The van der Waals surface area contributed by atoms with Crippen LogP contribution in [0.15, 0.2) is 48.7 Å². The number of benzene rings is 3. The van der Waals surface area contributed by atoms with Crippen molar-refractivity contribution in [2.75, 3.05) is 21.3 Å². The van der Waals surface area contributed by atoms with Gasteiger partial charge in [0.25, 0.3) is 5.91 Å². The minimum absolute atomic E-state index is 0.00503. The number of carbonyl (C=O) groups excluding carboxylic acids is 3. The van der Waals surface area contributed by atoms with Gasteiger partial charge in [0.15, 0.2) is 23.3 Å². The largest absolute Gasteiger partial charge is 0.416 e. The zero-order valence-electron chi connectivity index (χ0n) is 21.9. The van der Waals surface area contributed by atoms with Crippen molar-refractivity contribution in [3.8, 4) is 11.1 Å². The first kappa shape index (κ1) is 31.3. The highest BCUT2D eigenvalue weighted by Crippen LogP contribution is 2.34. The predicted molar refractivity (Wildman–Crippen MR) is 142 cm³/mol. The number of H-pyrrole nitrogens is 1. The molecule has 3 aromatic carbocycles. The van der Waals surface area contributed by atoms with Gasteiger partial charge in [0.05, 0.1) is 16.9 Å². The Labute approximate surface area is 241 Å². The van der Waals surface area contributed by atoms with Gasteiger partial charge in [-0.15, -0.1) is 0 Å². The molecule has 44 heavy (non-hydrogen) atoms. The Balaban J connectivity index is 1.53. The fourth-order valence-electron chi connectivity index (χ4n) is 3.95. The maximum absolute atomic E-state index is 14.2. The molecule has 0 aliphatic carbocycles. The number of aromatic amines is 1. The number of hydrogen-bond acceptors (Lipinski definition) is 3. The Kier molecular flexibility index (Phi) is 8.50. The maximum Gasteiger partial charge on any atom is 0.416 e. The Hall–Kier alpha value is -5.61. The predicted octanol–water partition coefficient (Wildman–Crippen LogP) is 7.09. The van der Waals surface area contributed by atoms with Crippen LogP contribution in [-0.4, -0.2) is 23.0 Å². The summed E-state index contributed by atoms with van der Waals surface area (Å²) in [6, 6.07) is 4.10. The lowest BCUT2D eigenvalue weighted by Gasteiger charge is -2.13. The number of nitrogens with one attached hydrogen (secondary N) is 5. The molecule has 9 nitrogen and oxygen atoms in total. The second kappa shape index (κ2) is 11.9. The average Bonchev–Trinajstić information content (AvgIpc) is 3.37. The first-order chi connectivity index (χ1) is 20.6. The summed E-state index contributed by atoms with van der Waals surface area (Å²) >= 11 is 0. The van der Waals surface area contributed by atoms with Crippen LogP contribution in [0.2, 0.25) is 0 Å². The van der Waals surface area contributed by atoms with E-state index in [1.54, 1.807) is 5.32 Å². The van der Waals surface area contributed by atoms with Gasteiger partial charge in [-0.1, -0.05) is 12.1 Å². The summed E-state index contributed by atoms with van der Waals surface area (Å²) < 4.78 is 108. The first-order valence-corrected chi connectivity index (χ1v) is 12.0. The number of carbonyl (C=O) groups is 3. The minimum Gasteiger partial charge on any atom is -0.364 e. The molecule has 0 spiro atoms. The van der Waals surface area contributed by atoms with Crippen molar-refractivity contribution in [3.05, 3.63) is 94.6 Å². The van der Waals surface area contributed by atoms with Gasteiger partial charge in [0.1, 0.15) is 17.2 Å². The number of aromatic nitrogens is 1. The number of nitrogens with two attached hydrogens (primary N) is 1. The quantitative estimate of drug-likeness (QED) is 0.0773. The molecule has 0 bridgehead atoms. The van der Waals surface area contributed by atoms with Crippen LogP contribution >= 0.6 is 0 Å². The third kappa shape index (κ3) is 6.40. The van der Waals surface area contributed by atoms with E-state index in [0.29, 0.717) is 18.2 Å². The molecule has 4 rings (SSSR count). The smallest absolute Gasteiger partial charge is 0.364 e. The summed E-state index contributed by atoms with van der Waals surface area (Å²) in [6.45, 7) is 0.840. The Morgan fingerprint density at radius 3 is 1.98 bits per heavy atom. The van der Waals surface area contributed by atoms with E-state index in [1.807, 2.05) is 5.32 Å². The van der Waals surface area contributed by atoms with E-state index in [4.69, 9.17) is 5.73 Å². The molecule has 0 aliphatic heterocycles. The van der Waals surface area contributed by atoms with Crippen molar-refractivity contribution in [2.24, 2.45) is 5.73 Å². The molecule has 230 valence electrons. The fraction of sp³-hybridized carbons (Fsp3) is 0.0741. The van der Waals surface area contributed by atoms with Gasteiger partial charge in [-0.05, 0) is 42.8 Å². The monoisotopic (exact) mass is 626 g/mol. The van der Waals surface area contributed by atoms with Gasteiger partial charge in [-0.25, -0.2) is 31.5 Å². The SMILES string of the molecule is Cc1c(F)c(F)c(F)c(NC(=O)Nc2ccc(-c3c(NC(=O)Nc4cc(C(F)(F)F)ccc4F)c[nH]c3C(N)=O)cc2)c1F. The van der Waals surface area contributed by atoms with Gasteiger partial charge < -0.3 is 32.0 Å². The molecule has 4 aromatic rings. The van der Waals surface area contributed by atoms with Crippen LogP contribution < -0.4 is 27.0 Å². The second-order valence-corrected chi connectivity index (χ2v) is 9.00. The molecule has 7 N–H and O–H groups in total. The average molecular weight is 626 g/mol. The Bertz CT molecular complexity index is 1760. The number of urea groups is 2. The van der Waals surface area contributed by atoms with E-state index in [0.717, 1.165) is 13.1 Å². The summed E-state index contributed by atoms with van der Waals surface area (Å²) in [5, 5.41) is 8.18. The van der Waals surface area contributed by atoms with Crippen LogP contribution in [0.5, 0.6) is 0 Å². The number of halogens is 8. The fourth-order valence-corrected chi connectivity index (χ4v) is 3.95. The zero-order valence-corrected chi connectivity index (χ0v) is 21.9. The number of amides is 5. The zero-order chi connectivity index (χ0) is 32.5. The third-order valence-corrected chi connectivity index (χ3v) is 6.07. The molecular weight excluding hydrogens is 608 g/mol. The molecule has 0 radical (unpaired) electrons. The highest BCUT2D eigenvalue weighted by atomic mass is 19.4. The molecule has 1 aromatic heterocycles. The van der Waals surface area contributed by atoms with Crippen LogP contribution in [0.1, 0.15) is 21.6 Å². The van der Waals surface area contributed by atoms with E-state index in [-0.39, 0.29) is 28.2 Å². The van der Waals surface area contributed by atoms with E-state index in [2.05, 4.69) is 15.6 Å². The van der Waals surface area contributed by atoms with Gasteiger partial charge in [0, 0.05) is 23.0 Å². The molecule has 0 atom stereocenters. The standard InChI is InChI=1S/C27H18F8N6O3/c1-10-18(29)20(31)21(32)23(19(10)30)41-25(43)38-13-5-2-11(3-6-13)17-16(9-37-22(17)24(36)42)40-26(44)39-15-8-12(27(33,34)35)4-7-14(15)28/h2-9,37H,1H3,(H2,36,42)(H2,38,41,43)(H2,39,40,44). The summed E-state index contributed by atoms with van der Waals surface area (Å²) in [4.78, 5) is 39.4. The van der Waals surface area contributed by atoms with E-state index in [1.165, 1.54) is 24.3 Å². The molecule has 0 aliphatic rings. The Morgan fingerprint density at radius 1 is 0.750 bits per heavy atom. The molecule has 0 saturated carbocycles. The maximum atomic E-state index is 14.2. The van der Waals surface area contributed by atoms with E-state index >= 15 is 0 Å². The van der Waals surface area contributed by atoms with Crippen LogP contribution in [0, 0.1) is 36.0 Å². The summed E-state index contributed by atoms with van der Waals surface area (Å²) in [6.07, 6.45) is -3.68. The molecule has 5 amide bonds. The molecule has 0 fully saturated rings.